The van der Waals surface area contributed by atoms with Gasteiger partial charge in [-0.2, -0.15) is 0 Å². The first-order valence-electron chi connectivity index (χ1n) is 10.9. The second-order valence-corrected chi connectivity index (χ2v) is 8.17. The van der Waals surface area contributed by atoms with E-state index in [-0.39, 0.29) is 11.8 Å². The van der Waals surface area contributed by atoms with Gasteiger partial charge >= 0.3 is 0 Å². The number of carbonyl (C=O) groups excluding carboxylic acids is 2. The summed E-state index contributed by atoms with van der Waals surface area (Å²) in [7, 11) is 3.15. The van der Waals surface area contributed by atoms with Crippen molar-refractivity contribution in [1.29, 1.82) is 0 Å². The Kier molecular flexibility index (Phi) is 7.78. The minimum absolute atomic E-state index is 0.0429. The lowest BCUT2D eigenvalue weighted by Crippen LogP contribution is -2.37. The molecule has 1 heterocycles. The zero-order chi connectivity index (χ0) is 20.6. The second-order valence-electron chi connectivity index (χ2n) is 8.17. The Morgan fingerprint density at radius 1 is 0.862 bits per heavy atom. The van der Waals surface area contributed by atoms with E-state index in [1.807, 2.05) is 9.80 Å². The number of hydrogen-bond donors (Lipinski definition) is 0. The maximum Gasteiger partial charge on any atom is 0.254 e. The SMILES string of the molecule is COc1cc(OC)cc(C(=O)N2CCCN(C(=O)CCC3CCCCC3)CC2)c1. The quantitative estimate of drug-likeness (QED) is 0.727. The van der Waals surface area contributed by atoms with Crippen molar-refractivity contribution in [2.24, 2.45) is 5.92 Å². The zero-order valence-corrected chi connectivity index (χ0v) is 17.8. The summed E-state index contributed by atoms with van der Waals surface area (Å²) in [5, 5.41) is 0. The van der Waals surface area contributed by atoms with Crippen molar-refractivity contribution >= 4 is 11.8 Å². The summed E-state index contributed by atoms with van der Waals surface area (Å²) in [6.45, 7) is 2.56. The maximum absolute atomic E-state index is 13.0. The lowest BCUT2D eigenvalue weighted by molar-refractivity contribution is -0.131. The van der Waals surface area contributed by atoms with Crippen LogP contribution in [0.2, 0.25) is 0 Å². The summed E-state index contributed by atoms with van der Waals surface area (Å²) in [6, 6.07) is 5.23. The lowest BCUT2D eigenvalue weighted by Gasteiger charge is -2.25. The number of rotatable bonds is 6. The summed E-state index contributed by atoms with van der Waals surface area (Å²) in [4.78, 5) is 29.5. The molecule has 2 amide bonds. The molecule has 1 aromatic carbocycles. The molecule has 6 heteroatoms. The van der Waals surface area contributed by atoms with Gasteiger partial charge in [-0.15, -0.1) is 0 Å². The van der Waals surface area contributed by atoms with Gasteiger partial charge in [-0.25, -0.2) is 0 Å². The van der Waals surface area contributed by atoms with Crippen molar-refractivity contribution in [3.63, 3.8) is 0 Å². The standard InChI is InChI=1S/C23H34N2O4/c1-28-20-15-19(16-21(17-20)29-2)23(27)25-12-6-11-24(13-14-25)22(26)10-9-18-7-4-3-5-8-18/h15-18H,3-14H2,1-2H3. The van der Waals surface area contributed by atoms with Crippen LogP contribution in [0.5, 0.6) is 11.5 Å². The van der Waals surface area contributed by atoms with Crippen LogP contribution in [0, 0.1) is 5.92 Å². The summed E-state index contributed by atoms with van der Waals surface area (Å²) < 4.78 is 10.6. The van der Waals surface area contributed by atoms with Crippen LogP contribution in [-0.2, 0) is 4.79 Å². The molecule has 29 heavy (non-hydrogen) atoms. The zero-order valence-electron chi connectivity index (χ0n) is 17.8. The van der Waals surface area contributed by atoms with E-state index in [9.17, 15) is 9.59 Å². The molecule has 1 aliphatic carbocycles. The van der Waals surface area contributed by atoms with Gasteiger partial charge in [0.05, 0.1) is 14.2 Å². The molecule has 1 saturated heterocycles. The topological polar surface area (TPSA) is 59.1 Å². The molecule has 1 aromatic rings. The van der Waals surface area contributed by atoms with Crippen LogP contribution in [0.25, 0.3) is 0 Å². The molecule has 0 atom stereocenters. The molecular weight excluding hydrogens is 368 g/mol. The van der Waals surface area contributed by atoms with Crippen molar-refractivity contribution in [3.05, 3.63) is 23.8 Å². The summed E-state index contributed by atoms with van der Waals surface area (Å²) >= 11 is 0. The molecule has 6 nitrogen and oxygen atoms in total. The second kappa shape index (κ2) is 10.5. The molecule has 1 aliphatic heterocycles. The number of hydrogen-bond acceptors (Lipinski definition) is 4. The number of carbonyl (C=O) groups is 2. The van der Waals surface area contributed by atoms with Crippen LogP contribution in [0.15, 0.2) is 18.2 Å². The van der Waals surface area contributed by atoms with E-state index in [2.05, 4.69) is 0 Å². The van der Waals surface area contributed by atoms with Crippen molar-refractivity contribution in [2.45, 2.75) is 51.4 Å². The number of benzene rings is 1. The van der Waals surface area contributed by atoms with Crippen LogP contribution in [0.3, 0.4) is 0 Å². The Labute approximate surface area is 174 Å². The van der Waals surface area contributed by atoms with Crippen molar-refractivity contribution in [1.82, 2.24) is 9.80 Å². The third-order valence-electron chi connectivity index (χ3n) is 6.23. The number of amides is 2. The highest BCUT2D eigenvalue weighted by Crippen LogP contribution is 2.28. The first kappa shape index (κ1) is 21.5. The molecule has 2 aliphatic rings. The van der Waals surface area contributed by atoms with Gasteiger partial charge in [-0.1, -0.05) is 32.1 Å². The largest absolute Gasteiger partial charge is 0.497 e. The normalized spacial score (nSPS) is 18.3. The first-order chi connectivity index (χ1) is 14.1. The van der Waals surface area contributed by atoms with Gasteiger partial charge in [0.1, 0.15) is 11.5 Å². The average molecular weight is 403 g/mol. The van der Waals surface area contributed by atoms with Gasteiger partial charge in [0, 0.05) is 44.2 Å². The minimum atomic E-state index is -0.0429. The molecule has 2 fully saturated rings. The van der Waals surface area contributed by atoms with Crippen LogP contribution in [-0.4, -0.2) is 62.0 Å². The van der Waals surface area contributed by atoms with Crippen molar-refractivity contribution < 1.29 is 19.1 Å². The molecule has 0 unspecified atom stereocenters. The van der Waals surface area contributed by atoms with Gasteiger partial charge in [0.25, 0.3) is 5.91 Å². The maximum atomic E-state index is 13.0. The van der Waals surface area contributed by atoms with Gasteiger partial charge in [0.2, 0.25) is 5.91 Å². The van der Waals surface area contributed by atoms with Gasteiger partial charge < -0.3 is 19.3 Å². The molecule has 0 radical (unpaired) electrons. The van der Waals surface area contributed by atoms with E-state index >= 15 is 0 Å². The average Bonchev–Trinajstić information content (AvgIpc) is 3.03. The highest BCUT2D eigenvalue weighted by molar-refractivity contribution is 5.95. The van der Waals surface area contributed by atoms with Crippen LogP contribution < -0.4 is 9.47 Å². The Morgan fingerprint density at radius 2 is 1.48 bits per heavy atom. The van der Waals surface area contributed by atoms with E-state index in [1.54, 1.807) is 32.4 Å². The van der Waals surface area contributed by atoms with E-state index in [4.69, 9.17) is 9.47 Å². The molecule has 160 valence electrons. The number of nitrogens with zero attached hydrogens (tertiary/aromatic N) is 2. The van der Waals surface area contributed by atoms with Crippen LogP contribution in [0.4, 0.5) is 0 Å². The van der Waals surface area contributed by atoms with Crippen LogP contribution in [0.1, 0.15) is 61.7 Å². The van der Waals surface area contributed by atoms with Crippen molar-refractivity contribution in [3.8, 4) is 11.5 Å². The summed E-state index contributed by atoms with van der Waals surface area (Å²) in [5.41, 5.74) is 0.554. The predicted molar refractivity (Wildman–Crippen MR) is 112 cm³/mol. The fourth-order valence-electron chi connectivity index (χ4n) is 4.44. The molecule has 0 spiro atoms. The molecule has 0 N–H and O–H groups in total. The molecule has 0 aromatic heterocycles. The number of ether oxygens (including phenoxy) is 2. The summed E-state index contributed by atoms with van der Waals surface area (Å²) in [6.07, 6.45) is 9.00. The third-order valence-corrected chi connectivity index (χ3v) is 6.23. The van der Waals surface area contributed by atoms with E-state index in [0.29, 0.717) is 43.1 Å². The lowest BCUT2D eigenvalue weighted by atomic mass is 9.86. The summed E-state index contributed by atoms with van der Waals surface area (Å²) in [5.74, 6) is 2.12. The van der Waals surface area contributed by atoms with E-state index < -0.39 is 0 Å². The molecule has 1 saturated carbocycles. The van der Waals surface area contributed by atoms with Gasteiger partial charge in [0.15, 0.2) is 0 Å². The first-order valence-corrected chi connectivity index (χ1v) is 10.9. The Balaban J connectivity index is 1.55. The highest BCUT2D eigenvalue weighted by atomic mass is 16.5. The Hall–Kier alpha value is -2.24. The number of methoxy groups -OCH3 is 2. The fraction of sp³-hybridized carbons (Fsp3) is 0.652. The molecular formula is C23H34N2O4. The Bertz CT molecular complexity index is 678. The Morgan fingerprint density at radius 3 is 2.14 bits per heavy atom. The predicted octanol–water partition coefficient (Wildman–Crippen LogP) is 3.74. The smallest absolute Gasteiger partial charge is 0.254 e. The fourth-order valence-corrected chi connectivity index (χ4v) is 4.44. The van der Waals surface area contributed by atoms with Crippen LogP contribution >= 0.6 is 0 Å². The van der Waals surface area contributed by atoms with E-state index in [1.165, 1.54) is 32.1 Å². The van der Waals surface area contributed by atoms with Crippen molar-refractivity contribution in [2.75, 3.05) is 40.4 Å². The minimum Gasteiger partial charge on any atom is -0.497 e. The van der Waals surface area contributed by atoms with Gasteiger partial charge in [-0.3, -0.25) is 9.59 Å². The molecule has 3 rings (SSSR count). The monoisotopic (exact) mass is 402 g/mol. The van der Waals surface area contributed by atoms with E-state index in [0.717, 1.165) is 25.3 Å². The van der Waals surface area contributed by atoms with Gasteiger partial charge in [-0.05, 0) is 30.9 Å². The highest BCUT2D eigenvalue weighted by Gasteiger charge is 2.24. The third kappa shape index (κ3) is 5.87. The molecule has 0 bridgehead atoms.